The van der Waals surface area contributed by atoms with Crippen molar-refractivity contribution in [3.05, 3.63) is 53.1 Å². The highest BCUT2D eigenvalue weighted by Crippen LogP contribution is 2.32. The van der Waals surface area contributed by atoms with Gasteiger partial charge in [0.25, 0.3) is 0 Å². The summed E-state index contributed by atoms with van der Waals surface area (Å²) in [5, 5.41) is 0. The Morgan fingerprint density at radius 1 is 0.941 bits per heavy atom. The third-order valence-corrected chi connectivity index (χ3v) is 2.80. The Hall–Kier alpha value is -1.96. The van der Waals surface area contributed by atoms with Gasteiger partial charge in [0.1, 0.15) is 5.75 Å². The standard InChI is InChI=1S/C15H17NO/c1-10-7-8-11(2)14(9-10)17-15-12(3)5-4-6-13(15)16/h4-9H,16H2,1-3H3. The Morgan fingerprint density at radius 2 is 1.71 bits per heavy atom. The SMILES string of the molecule is Cc1ccc(C)c(Oc2c(C)cccc2N)c1. The summed E-state index contributed by atoms with van der Waals surface area (Å²) in [6, 6.07) is 11.9. The summed E-state index contributed by atoms with van der Waals surface area (Å²) >= 11 is 0. The van der Waals surface area contributed by atoms with E-state index in [1.165, 1.54) is 5.56 Å². The zero-order chi connectivity index (χ0) is 12.4. The van der Waals surface area contributed by atoms with Gasteiger partial charge in [-0.2, -0.15) is 0 Å². The Bertz CT molecular complexity index is 526. The average Bonchev–Trinajstić information content (AvgIpc) is 2.28. The fourth-order valence-corrected chi connectivity index (χ4v) is 1.74. The van der Waals surface area contributed by atoms with Gasteiger partial charge in [0, 0.05) is 0 Å². The monoisotopic (exact) mass is 227 g/mol. The molecule has 2 heteroatoms. The van der Waals surface area contributed by atoms with Crippen LogP contribution in [0.15, 0.2) is 36.4 Å². The second kappa shape index (κ2) is 4.50. The largest absolute Gasteiger partial charge is 0.455 e. The van der Waals surface area contributed by atoms with E-state index in [0.717, 1.165) is 22.6 Å². The number of para-hydroxylation sites is 1. The number of hydrogen-bond acceptors (Lipinski definition) is 2. The van der Waals surface area contributed by atoms with Crippen molar-refractivity contribution in [3.63, 3.8) is 0 Å². The molecule has 2 rings (SSSR count). The summed E-state index contributed by atoms with van der Waals surface area (Å²) in [5.74, 6) is 1.62. The molecule has 0 fully saturated rings. The molecule has 0 saturated carbocycles. The first-order valence-corrected chi connectivity index (χ1v) is 5.68. The van der Waals surface area contributed by atoms with Gasteiger partial charge in [0.2, 0.25) is 0 Å². The van der Waals surface area contributed by atoms with E-state index in [0.29, 0.717) is 5.69 Å². The number of rotatable bonds is 2. The molecule has 0 heterocycles. The van der Waals surface area contributed by atoms with Crippen LogP contribution in [-0.2, 0) is 0 Å². The zero-order valence-corrected chi connectivity index (χ0v) is 10.4. The third-order valence-electron chi connectivity index (χ3n) is 2.80. The number of ether oxygens (including phenoxy) is 1. The molecule has 0 bridgehead atoms. The number of aryl methyl sites for hydroxylation is 3. The first-order chi connectivity index (χ1) is 8.08. The number of anilines is 1. The first-order valence-electron chi connectivity index (χ1n) is 5.68. The highest BCUT2D eigenvalue weighted by Gasteiger charge is 2.07. The van der Waals surface area contributed by atoms with E-state index in [-0.39, 0.29) is 0 Å². The molecule has 0 aliphatic heterocycles. The van der Waals surface area contributed by atoms with E-state index in [1.807, 2.05) is 45.0 Å². The van der Waals surface area contributed by atoms with Crippen molar-refractivity contribution in [2.45, 2.75) is 20.8 Å². The van der Waals surface area contributed by atoms with Gasteiger partial charge < -0.3 is 10.5 Å². The highest BCUT2D eigenvalue weighted by molar-refractivity contribution is 5.58. The van der Waals surface area contributed by atoms with Crippen molar-refractivity contribution in [3.8, 4) is 11.5 Å². The van der Waals surface area contributed by atoms with Gasteiger partial charge in [-0.25, -0.2) is 0 Å². The van der Waals surface area contributed by atoms with Crippen LogP contribution in [0, 0.1) is 20.8 Å². The Kier molecular flexibility index (Phi) is 3.05. The highest BCUT2D eigenvalue weighted by atomic mass is 16.5. The van der Waals surface area contributed by atoms with Crippen LogP contribution in [-0.4, -0.2) is 0 Å². The Morgan fingerprint density at radius 3 is 2.41 bits per heavy atom. The van der Waals surface area contributed by atoms with Crippen LogP contribution >= 0.6 is 0 Å². The van der Waals surface area contributed by atoms with Crippen molar-refractivity contribution in [2.75, 3.05) is 5.73 Å². The zero-order valence-electron chi connectivity index (χ0n) is 10.4. The summed E-state index contributed by atoms with van der Waals surface area (Å²) in [5.41, 5.74) is 9.94. The quantitative estimate of drug-likeness (QED) is 0.787. The lowest BCUT2D eigenvalue weighted by Crippen LogP contribution is -1.95. The van der Waals surface area contributed by atoms with Gasteiger partial charge in [0.05, 0.1) is 5.69 Å². The summed E-state index contributed by atoms with van der Waals surface area (Å²) < 4.78 is 5.93. The summed E-state index contributed by atoms with van der Waals surface area (Å²) in [7, 11) is 0. The molecule has 0 amide bonds. The van der Waals surface area contributed by atoms with E-state index >= 15 is 0 Å². The van der Waals surface area contributed by atoms with Crippen LogP contribution in [0.5, 0.6) is 11.5 Å². The number of benzene rings is 2. The second-order valence-corrected chi connectivity index (χ2v) is 4.36. The minimum Gasteiger partial charge on any atom is -0.455 e. The molecule has 0 saturated heterocycles. The summed E-state index contributed by atoms with van der Waals surface area (Å²) in [6.07, 6.45) is 0. The fourth-order valence-electron chi connectivity index (χ4n) is 1.74. The first kappa shape index (κ1) is 11.5. The van der Waals surface area contributed by atoms with Crippen molar-refractivity contribution < 1.29 is 4.74 Å². The lowest BCUT2D eigenvalue weighted by atomic mass is 10.1. The van der Waals surface area contributed by atoms with E-state index in [9.17, 15) is 0 Å². The van der Waals surface area contributed by atoms with Gasteiger partial charge in [-0.3, -0.25) is 0 Å². The average molecular weight is 227 g/mol. The van der Waals surface area contributed by atoms with Crippen LogP contribution in [0.1, 0.15) is 16.7 Å². The maximum atomic E-state index is 5.93. The van der Waals surface area contributed by atoms with E-state index in [2.05, 4.69) is 12.1 Å². The molecule has 0 unspecified atom stereocenters. The number of hydrogen-bond donors (Lipinski definition) is 1. The molecule has 0 spiro atoms. The molecule has 2 nitrogen and oxygen atoms in total. The predicted molar refractivity (Wildman–Crippen MR) is 71.6 cm³/mol. The minimum atomic E-state index is 0.672. The van der Waals surface area contributed by atoms with Crippen LogP contribution in [0.4, 0.5) is 5.69 Å². The van der Waals surface area contributed by atoms with Crippen LogP contribution in [0.3, 0.4) is 0 Å². The van der Waals surface area contributed by atoms with Gasteiger partial charge in [0.15, 0.2) is 5.75 Å². The molecule has 0 aromatic heterocycles. The van der Waals surface area contributed by atoms with Gasteiger partial charge in [-0.15, -0.1) is 0 Å². The molecule has 2 aromatic rings. The lowest BCUT2D eigenvalue weighted by Gasteiger charge is -2.13. The van der Waals surface area contributed by atoms with E-state index < -0.39 is 0 Å². The summed E-state index contributed by atoms with van der Waals surface area (Å²) in [6.45, 7) is 6.08. The van der Waals surface area contributed by atoms with Gasteiger partial charge in [-0.1, -0.05) is 24.3 Å². The molecule has 0 atom stereocenters. The van der Waals surface area contributed by atoms with Crippen molar-refractivity contribution >= 4 is 5.69 Å². The van der Waals surface area contributed by atoms with Crippen LogP contribution in [0.25, 0.3) is 0 Å². The van der Waals surface area contributed by atoms with E-state index in [4.69, 9.17) is 10.5 Å². The van der Waals surface area contributed by atoms with E-state index in [1.54, 1.807) is 0 Å². The molecule has 0 aliphatic carbocycles. The van der Waals surface area contributed by atoms with Crippen molar-refractivity contribution in [2.24, 2.45) is 0 Å². The van der Waals surface area contributed by atoms with Crippen LogP contribution < -0.4 is 10.5 Å². The molecular formula is C15H17NO. The molecule has 0 radical (unpaired) electrons. The molecular weight excluding hydrogens is 210 g/mol. The topological polar surface area (TPSA) is 35.2 Å². The van der Waals surface area contributed by atoms with Crippen LogP contribution in [0.2, 0.25) is 0 Å². The summed E-state index contributed by atoms with van der Waals surface area (Å²) in [4.78, 5) is 0. The second-order valence-electron chi connectivity index (χ2n) is 4.36. The number of nitrogen functional groups attached to an aromatic ring is 1. The Labute approximate surface area is 102 Å². The van der Waals surface area contributed by atoms with Crippen molar-refractivity contribution in [1.29, 1.82) is 0 Å². The fraction of sp³-hybridized carbons (Fsp3) is 0.200. The molecule has 0 aliphatic rings. The third kappa shape index (κ3) is 2.41. The normalized spacial score (nSPS) is 10.3. The number of nitrogens with two attached hydrogens (primary N) is 1. The molecule has 2 N–H and O–H groups in total. The lowest BCUT2D eigenvalue weighted by molar-refractivity contribution is 0.477. The maximum Gasteiger partial charge on any atom is 0.153 e. The smallest absolute Gasteiger partial charge is 0.153 e. The molecule has 2 aromatic carbocycles. The molecule has 17 heavy (non-hydrogen) atoms. The molecule has 88 valence electrons. The van der Waals surface area contributed by atoms with Crippen molar-refractivity contribution in [1.82, 2.24) is 0 Å². The van der Waals surface area contributed by atoms with Gasteiger partial charge >= 0.3 is 0 Å². The minimum absolute atomic E-state index is 0.672. The Balaban J connectivity index is 2.41. The maximum absolute atomic E-state index is 5.93. The predicted octanol–water partition coefficient (Wildman–Crippen LogP) is 3.99. The van der Waals surface area contributed by atoms with Gasteiger partial charge in [-0.05, 0) is 49.6 Å².